The van der Waals surface area contributed by atoms with Crippen molar-refractivity contribution in [3.8, 4) is 0 Å². The molecule has 0 fully saturated rings. The third-order valence-electron chi connectivity index (χ3n) is 2.76. The molecule has 0 unspecified atom stereocenters. The Hall–Kier alpha value is -1.94. The lowest BCUT2D eigenvalue weighted by Gasteiger charge is -2.06. The fourth-order valence-electron chi connectivity index (χ4n) is 1.76. The molecule has 0 aliphatic carbocycles. The van der Waals surface area contributed by atoms with Gasteiger partial charge in [-0.15, -0.1) is 0 Å². The smallest absolute Gasteiger partial charge is 0.141 e. The summed E-state index contributed by atoms with van der Waals surface area (Å²) in [6.45, 7) is 0. The van der Waals surface area contributed by atoms with Crippen molar-refractivity contribution in [2.75, 3.05) is 5.73 Å². The number of pyridine rings is 1. The average molecular weight is 279 g/mol. The molecule has 0 amide bonds. The van der Waals surface area contributed by atoms with Gasteiger partial charge in [-0.05, 0) is 18.2 Å². The summed E-state index contributed by atoms with van der Waals surface area (Å²) in [5.74, 6) is -0.633. The number of ketones is 1. The molecule has 0 radical (unpaired) electrons. The van der Waals surface area contributed by atoms with E-state index in [1.54, 1.807) is 18.3 Å². The highest BCUT2D eigenvalue weighted by molar-refractivity contribution is 6.31. The van der Waals surface area contributed by atoms with Gasteiger partial charge >= 0.3 is 0 Å². The SMILES string of the molecule is Nc1ccncc1CC(=O)Cc1c(F)cccc1Cl. The molecule has 0 aliphatic heterocycles. The van der Waals surface area contributed by atoms with Crippen molar-refractivity contribution in [3.05, 3.63) is 58.6 Å². The zero-order valence-corrected chi connectivity index (χ0v) is 10.8. The molecule has 1 aromatic carbocycles. The summed E-state index contributed by atoms with van der Waals surface area (Å²) >= 11 is 5.88. The Labute approximate surface area is 115 Å². The predicted molar refractivity (Wildman–Crippen MR) is 72.5 cm³/mol. The van der Waals surface area contributed by atoms with Crippen LogP contribution in [0.4, 0.5) is 10.1 Å². The molecule has 98 valence electrons. The van der Waals surface area contributed by atoms with Crippen LogP contribution in [-0.2, 0) is 17.6 Å². The van der Waals surface area contributed by atoms with E-state index >= 15 is 0 Å². The predicted octanol–water partition coefficient (Wildman–Crippen LogP) is 2.81. The number of aromatic nitrogens is 1. The zero-order valence-electron chi connectivity index (χ0n) is 10.1. The normalized spacial score (nSPS) is 10.4. The van der Waals surface area contributed by atoms with Crippen LogP contribution in [0.5, 0.6) is 0 Å². The molecular weight excluding hydrogens is 267 g/mol. The van der Waals surface area contributed by atoms with Gasteiger partial charge in [-0.3, -0.25) is 9.78 Å². The number of Topliss-reactive ketones (excluding diaryl/α,β-unsaturated/α-hetero) is 1. The van der Waals surface area contributed by atoms with Gasteiger partial charge in [-0.2, -0.15) is 0 Å². The molecule has 0 bridgehead atoms. The largest absolute Gasteiger partial charge is 0.398 e. The van der Waals surface area contributed by atoms with E-state index < -0.39 is 5.82 Å². The summed E-state index contributed by atoms with van der Waals surface area (Å²) in [5.41, 5.74) is 7.09. The number of anilines is 1. The van der Waals surface area contributed by atoms with Crippen molar-refractivity contribution in [2.45, 2.75) is 12.8 Å². The van der Waals surface area contributed by atoms with Gasteiger partial charge in [-0.1, -0.05) is 17.7 Å². The van der Waals surface area contributed by atoms with Crippen molar-refractivity contribution < 1.29 is 9.18 Å². The van der Waals surface area contributed by atoms with Crippen molar-refractivity contribution in [1.29, 1.82) is 0 Å². The standard InChI is InChI=1S/C14H12ClFN2O/c15-12-2-1-3-13(16)11(12)7-10(19)6-9-8-18-5-4-14(9)17/h1-5,8H,6-7H2,(H2,17,18). The summed E-state index contributed by atoms with van der Waals surface area (Å²) in [4.78, 5) is 15.8. The Kier molecular flexibility index (Phi) is 4.12. The van der Waals surface area contributed by atoms with Crippen LogP contribution in [0.1, 0.15) is 11.1 Å². The lowest BCUT2D eigenvalue weighted by molar-refractivity contribution is -0.117. The highest BCUT2D eigenvalue weighted by atomic mass is 35.5. The maximum absolute atomic E-state index is 13.6. The van der Waals surface area contributed by atoms with Crippen LogP contribution in [0.15, 0.2) is 36.7 Å². The molecule has 19 heavy (non-hydrogen) atoms. The molecule has 2 aromatic rings. The second kappa shape index (κ2) is 5.80. The average Bonchev–Trinajstić information content (AvgIpc) is 2.37. The van der Waals surface area contributed by atoms with E-state index in [-0.39, 0.29) is 29.2 Å². The van der Waals surface area contributed by atoms with Gasteiger partial charge in [0.05, 0.1) is 0 Å². The van der Waals surface area contributed by atoms with E-state index in [1.165, 1.54) is 18.3 Å². The summed E-state index contributed by atoms with van der Waals surface area (Å²) in [5, 5.41) is 0.257. The zero-order chi connectivity index (χ0) is 13.8. The van der Waals surface area contributed by atoms with E-state index in [4.69, 9.17) is 17.3 Å². The molecule has 0 spiro atoms. The monoisotopic (exact) mass is 278 g/mol. The third kappa shape index (κ3) is 3.29. The fraction of sp³-hybridized carbons (Fsp3) is 0.143. The maximum atomic E-state index is 13.6. The van der Waals surface area contributed by atoms with E-state index in [0.29, 0.717) is 11.3 Å². The molecule has 3 nitrogen and oxygen atoms in total. The minimum Gasteiger partial charge on any atom is -0.398 e. The summed E-state index contributed by atoms with van der Waals surface area (Å²) < 4.78 is 13.6. The van der Waals surface area contributed by atoms with E-state index in [9.17, 15) is 9.18 Å². The first-order chi connectivity index (χ1) is 9.08. The van der Waals surface area contributed by atoms with Crippen LogP contribution >= 0.6 is 11.6 Å². The van der Waals surface area contributed by atoms with Crippen LogP contribution in [-0.4, -0.2) is 10.8 Å². The quantitative estimate of drug-likeness (QED) is 0.936. The highest BCUT2D eigenvalue weighted by Crippen LogP contribution is 2.20. The molecule has 0 saturated carbocycles. The number of carbonyl (C=O) groups excluding carboxylic acids is 1. The molecular formula is C14H12ClFN2O. The van der Waals surface area contributed by atoms with Crippen molar-refractivity contribution >= 4 is 23.1 Å². The Morgan fingerprint density at radius 2 is 2.11 bits per heavy atom. The van der Waals surface area contributed by atoms with Gasteiger partial charge in [0, 0.05) is 47.1 Å². The van der Waals surface area contributed by atoms with Crippen LogP contribution in [0.2, 0.25) is 5.02 Å². The number of hydrogen-bond donors (Lipinski definition) is 1. The summed E-state index contributed by atoms with van der Waals surface area (Å²) in [6.07, 6.45) is 3.15. The lowest BCUT2D eigenvalue weighted by atomic mass is 10.0. The topological polar surface area (TPSA) is 56.0 Å². The molecule has 5 heteroatoms. The van der Waals surface area contributed by atoms with Gasteiger partial charge in [0.2, 0.25) is 0 Å². The number of halogens is 2. The summed E-state index contributed by atoms with van der Waals surface area (Å²) in [6, 6.07) is 5.97. The number of rotatable bonds is 4. The first kappa shape index (κ1) is 13.5. The van der Waals surface area contributed by atoms with Crippen molar-refractivity contribution in [2.24, 2.45) is 0 Å². The Bertz CT molecular complexity index is 596. The summed E-state index contributed by atoms with van der Waals surface area (Å²) in [7, 11) is 0. The van der Waals surface area contributed by atoms with E-state index in [1.807, 2.05) is 0 Å². The van der Waals surface area contributed by atoms with Gasteiger partial charge < -0.3 is 5.73 Å². The van der Waals surface area contributed by atoms with Gasteiger partial charge in [0.15, 0.2) is 0 Å². The Morgan fingerprint density at radius 1 is 1.32 bits per heavy atom. The first-order valence-electron chi connectivity index (χ1n) is 5.71. The number of nitrogens with two attached hydrogens (primary N) is 1. The number of benzene rings is 1. The van der Waals surface area contributed by atoms with Crippen LogP contribution < -0.4 is 5.73 Å². The lowest BCUT2D eigenvalue weighted by Crippen LogP contribution is -2.10. The highest BCUT2D eigenvalue weighted by Gasteiger charge is 2.13. The van der Waals surface area contributed by atoms with Gasteiger partial charge in [0.1, 0.15) is 11.6 Å². The van der Waals surface area contributed by atoms with E-state index in [0.717, 1.165) is 0 Å². The fourth-order valence-corrected chi connectivity index (χ4v) is 1.99. The van der Waals surface area contributed by atoms with E-state index in [2.05, 4.69) is 4.98 Å². The van der Waals surface area contributed by atoms with Crippen molar-refractivity contribution in [1.82, 2.24) is 4.98 Å². The second-order valence-electron chi connectivity index (χ2n) is 4.17. The molecule has 0 saturated heterocycles. The second-order valence-corrected chi connectivity index (χ2v) is 4.57. The maximum Gasteiger partial charge on any atom is 0.141 e. The number of carbonyl (C=O) groups is 1. The minimum atomic E-state index is -0.472. The molecule has 0 atom stereocenters. The molecule has 1 aromatic heterocycles. The molecule has 0 aliphatic rings. The molecule has 2 N–H and O–H groups in total. The Balaban J connectivity index is 2.12. The third-order valence-corrected chi connectivity index (χ3v) is 3.12. The minimum absolute atomic E-state index is 0.0557. The Morgan fingerprint density at radius 3 is 2.79 bits per heavy atom. The van der Waals surface area contributed by atoms with Crippen LogP contribution in [0.25, 0.3) is 0 Å². The molecule has 1 heterocycles. The van der Waals surface area contributed by atoms with Crippen molar-refractivity contribution in [3.63, 3.8) is 0 Å². The molecule has 2 rings (SSSR count). The van der Waals surface area contributed by atoms with Crippen LogP contribution in [0.3, 0.4) is 0 Å². The number of nitrogen functional groups attached to an aromatic ring is 1. The first-order valence-corrected chi connectivity index (χ1v) is 6.08. The van der Waals surface area contributed by atoms with Gasteiger partial charge in [-0.25, -0.2) is 4.39 Å². The van der Waals surface area contributed by atoms with Gasteiger partial charge in [0.25, 0.3) is 0 Å². The number of nitrogens with zero attached hydrogens (tertiary/aromatic N) is 1. The van der Waals surface area contributed by atoms with Crippen LogP contribution in [0, 0.1) is 5.82 Å². The number of hydrogen-bond acceptors (Lipinski definition) is 3.